The minimum absolute atomic E-state index is 0.603. The Morgan fingerprint density at radius 2 is 2.00 bits per heavy atom. The maximum atomic E-state index is 5.50. The molecule has 0 bridgehead atoms. The monoisotopic (exact) mass is 176 g/mol. The van der Waals surface area contributed by atoms with Crippen molar-refractivity contribution in [3.63, 3.8) is 0 Å². The molecule has 2 N–H and O–H groups in total. The average Bonchev–Trinajstić information content (AvgIpc) is 2.18. The van der Waals surface area contributed by atoms with Crippen LogP contribution in [0.25, 0.3) is 0 Å². The van der Waals surface area contributed by atoms with Crippen molar-refractivity contribution in [2.75, 3.05) is 18.5 Å². The first kappa shape index (κ1) is 9.81. The molecule has 2 nitrogen and oxygen atoms in total. The van der Waals surface area contributed by atoms with E-state index >= 15 is 0 Å². The van der Waals surface area contributed by atoms with Gasteiger partial charge in [0.2, 0.25) is 0 Å². The molecule has 0 atom stereocenters. The summed E-state index contributed by atoms with van der Waals surface area (Å²) in [5.41, 5.74) is 7.86. The Kier molecular flexibility index (Phi) is 3.53. The van der Waals surface area contributed by atoms with Crippen LogP contribution in [0.2, 0.25) is 0 Å². The summed E-state index contributed by atoms with van der Waals surface area (Å²) in [5, 5.41) is 0. The van der Waals surface area contributed by atoms with Gasteiger partial charge in [0.1, 0.15) is 0 Å². The molecule has 0 aliphatic carbocycles. The van der Waals surface area contributed by atoms with Crippen molar-refractivity contribution >= 4 is 5.69 Å². The highest BCUT2D eigenvalue weighted by molar-refractivity contribution is 5.47. The summed E-state index contributed by atoms with van der Waals surface area (Å²) in [6.07, 6.45) is 1.89. The highest BCUT2D eigenvalue weighted by atomic mass is 15.1. The van der Waals surface area contributed by atoms with Gasteiger partial charge in [-0.3, -0.25) is 0 Å². The highest BCUT2D eigenvalue weighted by Gasteiger charge is 1.97. The predicted molar refractivity (Wildman–Crippen MR) is 57.8 cm³/mol. The van der Waals surface area contributed by atoms with Gasteiger partial charge >= 0.3 is 0 Å². The number of hydrogen-bond acceptors (Lipinski definition) is 2. The van der Waals surface area contributed by atoms with E-state index in [0.29, 0.717) is 6.54 Å². The summed E-state index contributed by atoms with van der Waals surface area (Å²) < 4.78 is 0. The van der Waals surface area contributed by atoms with Crippen molar-refractivity contribution < 1.29 is 0 Å². The van der Waals surface area contributed by atoms with Crippen molar-refractivity contribution in [2.45, 2.75) is 6.54 Å². The fourth-order valence-corrected chi connectivity index (χ4v) is 1.19. The van der Waals surface area contributed by atoms with Crippen LogP contribution in [-0.4, -0.2) is 13.6 Å². The summed E-state index contributed by atoms with van der Waals surface area (Å²) in [4.78, 5) is 2.13. The molecule has 1 rings (SSSR count). The van der Waals surface area contributed by atoms with Crippen molar-refractivity contribution in [3.05, 3.63) is 42.5 Å². The quantitative estimate of drug-likeness (QED) is 0.708. The van der Waals surface area contributed by atoms with Gasteiger partial charge in [0.05, 0.1) is 0 Å². The summed E-state index contributed by atoms with van der Waals surface area (Å²) in [6.45, 7) is 5.16. The van der Waals surface area contributed by atoms with Gasteiger partial charge < -0.3 is 10.6 Å². The average molecular weight is 176 g/mol. The lowest BCUT2D eigenvalue weighted by Gasteiger charge is -2.17. The Hall–Kier alpha value is -1.28. The fourth-order valence-electron chi connectivity index (χ4n) is 1.19. The van der Waals surface area contributed by atoms with Crippen LogP contribution < -0.4 is 10.6 Å². The van der Waals surface area contributed by atoms with Crippen molar-refractivity contribution in [2.24, 2.45) is 5.73 Å². The smallest absolute Gasteiger partial charge is 0.0366 e. The van der Waals surface area contributed by atoms with Crippen LogP contribution in [0.4, 0.5) is 5.69 Å². The van der Waals surface area contributed by atoms with Gasteiger partial charge in [0, 0.05) is 25.8 Å². The molecule has 0 amide bonds. The molecule has 0 aromatic heterocycles. The molecule has 0 aliphatic heterocycles. The molecule has 0 unspecified atom stereocenters. The number of nitrogens with two attached hydrogens (primary N) is 1. The summed E-state index contributed by atoms with van der Waals surface area (Å²) in [5.74, 6) is 0. The number of likely N-dealkylation sites (N-methyl/N-ethyl adjacent to an activating group) is 1. The van der Waals surface area contributed by atoms with Gasteiger partial charge in [0.25, 0.3) is 0 Å². The maximum Gasteiger partial charge on any atom is 0.0366 e. The molecule has 0 saturated carbocycles. The Bertz CT molecular complexity index is 264. The molecule has 0 spiro atoms. The standard InChI is InChI=1S/C11H16N2/c1-3-8-13(2)11-6-4-10(9-12)5-7-11/h3-7H,1,8-9,12H2,2H3. The summed E-state index contributed by atoms with van der Waals surface area (Å²) >= 11 is 0. The maximum absolute atomic E-state index is 5.50. The zero-order valence-electron chi connectivity index (χ0n) is 8.03. The zero-order valence-corrected chi connectivity index (χ0v) is 8.03. The van der Waals surface area contributed by atoms with E-state index in [9.17, 15) is 0 Å². The molecule has 2 heteroatoms. The molecule has 0 fully saturated rings. The van der Waals surface area contributed by atoms with Crippen LogP contribution in [-0.2, 0) is 6.54 Å². The lowest BCUT2D eigenvalue weighted by Crippen LogP contribution is -2.16. The van der Waals surface area contributed by atoms with E-state index in [4.69, 9.17) is 5.73 Å². The van der Waals surface area contributed by atoms with Gasteiger partial charge in [-0.05, 0) is 17.7 Å². The molecule has 0 radical (unpaired) electrons. The van der Waals surface area contributed by atoms with Crippen molar-refractivity contribution in [3.8, 4) is 0 Å². The Labute approximate surface area is 79.7 Å². The molecule has 13 heavy (non-hydrogen) atoms. The Morgan fingerprint density at radius 1 is 1.38 bits per heavy atom. The summed E-state index contributed by atoms with van der Waals surface area (Å²) in [7, 11) is 2.04. The van der Waals surface area contributed by atoms with Gasteiger partial charge in [0.15, 0.2) is 0 Å². The third-order valence-corrected chi connectivity index (χ3v) is 2.02. The number of benzene rings is 1. The van der Waals surface area contributed by atoms with Crippen LogP contribution in [0.1, 0.15) is 5.56 Å². The van der Waals surface area contributed by atoms with E-state index in [1.165, 1.54) is 5.69 Å². The highest BCUT2D eigenvalue weighted by Crippen LogP contribution is 2.12. The van der Waals surface area contributed by atoms with Crippen molar-refractivity contribution in [1.29, 1.82) is 0 Å². The van der Waals surface area contributed by atoms with E-state index in [-0.39, 0.29) is 0 Å². The number of rotatable bonds is 4. The molecule has 1 aromatic rings. The van der Waals surface area contributed by atoms with Crippen LogP contribution in [0, 0.1) is 0 Å². The minimum atomic E-state index is 0.603. The molecular weight excluding hydrogens is 160 g/mol. The van der Waals surface area contributed by atoms with Gasteiger partial charge in [-0.15, -0.1) is 6.58 Å². The van der Waals surface area contributed by atoms with Crippen molar-refractivity contribution in [1.82, 2.24) is 0 Å². The first-order valence-electron chi connectivity index (χ1n) is 4.39. The van der Waals surface area contributed by atoms with Gasteiger partial charge in [-0.2, -0.15) is 0 Å². The van der Waals surface area contributed by atoms with E-state index in [0.717, 1.165) is 12.1 Å². The topological polar surface area (TPSA) is 29.3 Å². The SMILES string of the molecule is C=CCN(C)c1ccc(CN)cc1. The Morgan fingerprint density at radius 3 is 2.46 bits per heavy atom. The summed E-state index contributed by atoms with van der Waals surface area (Å²) in [6, 6.07) is 8.25. The molecular formula is C11H16N2. The lowest BCUT2D eigenvalue weighted by molar-refractivity contribution is 1.02. The van der Waals surface area contributed by atoms with Crippen LogP contribution >= 0.6 is 0 Å². The first-order valence-corrected chi connectivity index (χ1v) is 4.39. The largest absolute Gasteiger partial charge is 0.371 e. The second kappa shape index (κ2) is 4.67. The molecule has 70 valence electrons. The third kappa shape index (κ3) is 2.60. The molecule has 0 saturated heterocycles. The number of anilines is 1. The first-order chi connectivity index (χ1) is 6.27. The van der Waals surface area contributed by atoms with Crippen LogP contribution in [0.3, 0.4) is 0 Å². The molecule has 0 heterocycles. The molecule has 1 aromatic carbocycles. The predicted octanol–water partition coefficient (Wildman–Crippen LogP) is 1.77. The lowest BCUT2D eigenvalue weighted by atomic mass is 10.2. The second-order valence-electron chi connectivity index (χ2n) is 3.04. The number of hydrogen-bond donors (Lipinski definition) is 1. The normalized spacial score (nSPS) is 9.69. The number of nitrogens with zero attached hydrogens (tertiary/aromatic N) is 1. The van der Waals surface area contributed by atoms with Gasteiger partial charge in [-0.25, -0.2) is 0 Å². The minimum Gasteiger partial charge on any atom is -0.371 e. The van der Waals surface area contributed by atoms with E-state index in [1.54, 1.807) is 0 Å². The van der Waals surface area contributed by atoms with E-state index in [1.807, 2.05) is 13.1 Å². The molecule has 0 aliphatic rings. The third-order valence-electron chi connectivity index (χ3n) is 2.02. The van der Waals surface area contributed by atoms with E-state index < -0.39 is 0 Å². The second-order valence-corrected chi connectivity index (χ2v) is 3.04. The van der Waals surface area contributed by atoms with Crippen LogP contribution in [0.5, 0.6) is 0 Å². The van der Waals surface area contributed by atoms with E-state index in [2.05, 4.69) is 35.7 Å². The van der Waals surface area contributed by atoms with Gasteiger partial charge in [-0.1, -0.05) is 18.2 Å². The fraction of sp³-hybridized carbons (Fsp3) is 0.273. The Balaban J connectivity index is 2.73. The van der Waals surface area contributed by atoms with Crippen LogP contribution in [0.15, 0.2) is 36.9 Å². The zero-order chi connectivity index (χ0) is 9.68.